The second-order valence-corrected chi connectivity index (χ2v) is 6.50. The van der Waals surface area contributed by atoms with Gasteiger partial charge in [-0.2, -0.15) is 0 Å². The van der Waals surface area contributed by atoms with Crippen LogP contribution in [0.15, 0.2) is 12.1 Å². The molecular formula is C18H25NO6. The molecule has 1 amide bonds. The molecule has 0 aromatic heterocycles. The van der Waals surface area contributed by atoms with Crippen LogP contribution in [0.2, 0.25) is 0 Å². The highest BCUT2D eigenvalue weighted by Crippen LogP contribution is 2.38. The smallest absolute Gasteiger partial charge is 0.311 e. The van der Waals surface area contributed by atoms with E-state index in [9.17, 15) is 14.7 Å². The first-order valence-electron chi connectivity index (χ1n) is 8.14. The predicted molar refractivity (Wildman–Crippen MR) is 91.4 cm³/mol. The second kappa shape index (κ2) is 7.63. The minimum Gasteiger partial charge on any atom is -0.493 e. The predicted octanol–water partition coefficient (Wildman–Crippen LogP) is 1.97. The molecule has 1 fully saturated rings. The van der Waals surface area contributed by atoms with E-state index < -0.39 is 11.4 Å². The highest BCUT2D eigenvalue weighted by Gasteiger charge is 2.39. The van der Waals surface area contributed by atoms with Crippen LogP contribution in [0.5, 0.6) is 17.2 Å². The second-order valence-electron chi connectivity index (χ2n) is 6.50. The maximum atomic E-state index is 12.7. The van der Waals surface area contributed by atoms with Crippen molar-refractivity contribution < 1.29 is 28.9 Å². The molecule has 0 spiro atoms. The van der Waals surface area contributed by atoms with Gasteiger partial charge in [-0.1, -0.05) is 0 Å². The summed E-state index contributed by atoms with van der Waals surface area (Å²) in [6.07, 6.45) is 1.41. The number of benzene rings is 1. The van der Waals surface area contributed by atoms with Gasteiger partial charge in [-0.25, -0.2) is 0 Å². The molecule has 25 heavy (non-hydrogen) atoms. The normalized spacial score (nSPS) is 20.1. The van der Waals surface area contributed by atoms with Gasteiger partial charge in [-0.3, -0.25) is 9.59 Å². The van der Waals surface area contributed by atoms with Gasteiger partial charge in [-0.05, 0) is 37.5 Å². The van der Waals surface area contributed by atoms with Crippen molar-refractivity contribution in [1.82, 2.24) is 4.90 Å². The number of carboxylic acid groups (broad SMARTS) is 1. The van der Waals surface area contributed by atoms with Crippen molar-refractivity contribution in [3.63, 3.8) is 0 Å². The quantitative estimate of drug-likeness (QED) is 0.843. The zero-order chi connectivity index (χ0) is 18.6. The van der Waals surface area contributed by atoms with Gasteiger partial charge in [0.25, 0.3) is 0 Å². The summed E-state index contributed by atoms with van der Waals surface area (Å²) in [5.74, 6) is 0.467. The molecule has 1 saturated heterocycles. The number of likely N-dealkylation sites (tertiary alicyclic amines) is 1. The SMILES string of the molecule is COc1cc(CC(=O)N2CCCC(C)(C(=O)O)C2)cc(OC)c1OC. The summed E-state index contributed by atoms with van der Waals surface area (Å²) in [6, 6.07) is 3.47. The molecule has 1 aromatic rings. The van der Waals surface area contributed by atoms with Crippen molar-refractivity contribution in [1.29, 1.82) is 0 Å². The molecule has 1 aliphatic rings. The fraction of sp³-hybridized carbons (Fsp3) is 0.556. The molecule has 1 atom stereocenters. The third-order valence-electron chi connectivity index (χ3n) is 4.65. The Hall–Kier alpha value is -2.44. The maximum Gasteiger partial charge on any atom is 0.311 e. The van der Waals surface area contributed by atoms with Gasteiger partial charge in [0.2, 0.25) is 11.7 Å². The van der Waals surface area contributed by atoms with Crippen LogP contribution in [0.3, 0.4) is 0 Å². The number of hydrogen-bond donors (Lipinski definition) is 1. The number of carbonyl (C=O) groups excluding carboxylic acids is 1. The first-order valence-corrected chi connectivity index (χ1v) is 8.14. The van der Waals surface area contributed by atoms with Crippen molar-refractivity contribution in [2.24, 2.45) is 5.41 Å². The number of amides is 1. The molecule has 1 aromatic carbocycles. The Labute approximate surface area is 147 Å². The number of piperidine rings is 1. The fourth-order valence-electron chi connectivity index (χ4n) is 3.15. The van der Waals surface area contributed by atoms with Crippen molar-refractivity contribution in [2.75, 3.05) is 34.4 Å². The van der Waals surface area contributed by atoms with Crippen LogP contribution in [0.25, 0.3) is 0 Å². The Bertz CT molecular complexity index is 634. The Morgan fingerprint density at radius 3 is 2.24 bits per heavy atom. The molecular weight excluding hydrogens is 326 g/mol. The fourth-order valence-corrected chi connectivity index (χ4v) is 3.15. The van der Waals surface area contributed by atoms with E-state index in [-0.39, 0.29) is 18.9 Å². The minimum absolute atomic E-state index is 0.110. The molecule has 1 heterocycles. The zero-order valence-electron chi connectivity index (χ0n) is 15.1. The Morgan fingerprint density at radius 1 is 1.16 bits per heavy atom. The molecule has 0 aliphatic carbocycles. The summed E-state index contributed by atoms with van der Waals surface area (Å²) in [6.45, 7) is 2.49. The van der Waals surface area contributed by atoms with Crippen LogP contribution in [0.4, 0.5) is 0 Å². The van der Waals surface area contributed by atoms with E-state index in [1.807, 2.05) is 0 Å². The van der Waals surface area contributed by atoms with Gasteiger partial charge in [0.15, 0.2) is 11.5 Å². The lowest BCUT2D eigenvalue weighted by Gasteiger charge is -2.37. The Morgan fingerprint density at radius 2 is 1.76 bits per heavy atom. The lowest BCUT2D eigenvalue weighted by Crippen LogP contribution is -2.48. The summed E-state index contributed by atoms with van der Waals surface area (Å²) in [7, 11) is 4.56. The highest BCUT2D eigenvalue weighted by molar-refractivity contribution is 5.81. The molecule has 138 valence electrons. The van der Waals surface area contributed by atoms with Gasteiger partial charge in [-0.15, -0.1) is 0 Å². The summed E-state index contributed by atoms with van der Waals surface area (Å²) < 4.78 is 15.9. The van der Waals surface area contributed by atoms with Crippen molar-refractivity contribution in [3.05, 3.63) is 17.7 Å². The average Bonchev–Trinajstić information content (AvgIpc) is 2.60. The van der Waals surface area contributed by atoms with E-state index in [1.165, 1.54) is 21.3 Å². The molecule has 2 rings (SSSR count). The number of nitrogens with zero attached hydrogens (tertiary/aromatic N) is 1. The van der Waals surface area contributed by atoms with E-state index >= 15 is 0 Å². The molecule has 0 saturated carbocycles. The average molecular weight is 351 g/mol. The standard InChI is InChI=1S/C18H25NO6/c1-18(17(21)22)6-5-7-19(11-18)15(20)10-12-8-13(23-2)16(25-4)14(9-12)24-3/h8-9H,5-7,10-11H2,1-4H3,(H,21,22). The number of carbonyl (C=O) groups is 2. The molecule has 0 bridgehead atoms. The van der Waals surface area contributed by atoms with Crippen LogP contribution in [0.1, 0.15) is 25.3 Å². The van der Waals surface area contributed by atoms with Gasteiger partial charge < -0.3 is 24.2 Å². The molecule has 1 aliphatic heterocycles. The van der Waals surface area contributed by atoms with E-state index in [0.717, 1.165) is 5.56 Å². The van der Waals surface area contributed by atoms with E-state index in [2.05, 4.69) is 0 Å². The van der Waals surface area contributed by atoms with E-state index in [4.69, 9.17) is 14.2 Å². The lowest BCUT2D eigenvalue weighted by atomic mass is 9.82. The number of rotatable bonds is 6. The van der Waals surface area contributed by atoms with E-state index in [1.54, 1.807) is 24.0 Å². The van der Waals surface area contributed by atoms with Crippen LogP contribution in [0, 0.1) is 5.41 Å². The maximum absolute atomic E-state index is 12.7. The lowest BCUT2D eigenvalue weighted by molar-refractivity contribution is -0.153. The number of aliphatic carboxylic acids is 1. The van der Waals surface area contributed by atoms with Gasteiger partial charge >= 0.3 is 5.97 Å². The molecule has 7 nitrogen and oxygen atoms in total. The number of carboxylic acids is 1. The summed E-state index contributed by atoms with van der Waals surface area (Å²) in [4.78, 5) is 25.7. The van der Waals surface area contributed by atoms with E-state index in [0.29, 0.717) is 36.6 Å². The molecule has 0 radical (unpaired) electrons. The summed E-state index contributed by atoms with van der Waals surface area (Å²) in [5.41, 5.74) is -0.162. The van der Waals surface area contributed by atoms with Gasteiger partial charge in [0.1, 0.15) is 0 Å². The van der Waals surface area contributed by atoms with Crippen LogP contribution in [-0.2, 0) is 16.0 Å². The van der Waals surface area contributed by atoms with Gasteiger partial charge in [0.05, 0.1) is 33.2 Å². The number of methoxy groups -OCH3 is 3. The topological polar surface area (TPSA) is 85.3 Å². The third-order valence-corrected chi connectivity index (χ3v) is 4.65. The Kier molecular flexibility index (Phi) is 5.77. The highest BCUT2D eigenvalue weighted by atomic mass is 16.5. The van der Waals surface area contributed by atoms with Crippen LogP contribution < -0.4 is 14.2 Å². The molecule has 7 heteroatoms. The largest absolute Gasteiger partial charge is 0.493 e. The van der Waals surface area contributed by atoms with Crippen LogP contribution >= 0.6 is 0 Å². The summed E-state index contributed by atoms with van der Waals surface area (Å²) in [5, 5.41) is 9.40. The molecule has 1 N–H and O–H groups in total. The monoisotopic (exact) mass is 351 g/mol. The van der Waals surface area contributed by atoms with Crippen molar-refractivity contribution in [3.8, 4) is 17.2 Å². The number of hydrogen-bond acceptors (Lipinski definition) is 5. The third kappa shape index (κ3) is 3.97. The summed E-state index contributed by atoms with van der Waals surface area (Å²) >= 11 is 0. The Balaban J connectivity index is 2.19. The van der Waals surface area contributed by atoms with Crippen molar-refractivity contribution >= 4 is 11.9 Å². The minimum atomic E-state index is -0.886. The number of ether oxygens (including phenoxy) is 3. The van der Waals surface area contributed by atoms with Gasteiger partial charge in [0, 0.05) is 13.1 Å². The van der Waals surface area contributed by atoms with Crippen molar-refractivity contribution in [2.45, 2.75) is 26.2 Å². The zero-order valence-corrected chi connectivity index (χ0v) is 15.1. The first-order chi connectivity index (χ1) is 11.8. The van der Waals surface area contributed by atoms with Crippen LogP contribution in [-0.4, -0.2) is 56.3 Å². The molecule has 1 unspecified atom stereocenters. The first kappa shape index (κ1) is 18.9.